The molecule has 0 amide bonds. The average molecular weight is 302 g/mol. The molecule has 0 fully saturated rings. The molecule has 7 heteroatoms. The summed E-state index contributed by atoms with van der Waals surface area (Å²) in [5.74, 6) is 1.47. The van der Waals surface area contributed by atoms with Crippen LogP contribution in [0.2, 0.25) is 0 Å². The van der Waals surface area contributed by atoms with Crippen LogP contribution in [0.25, 0.3) is 0 Å². The second kappa shape index (κ2) is 5.80. The molecule has 1 aliphatic heterocycles. The number of nitro groups is 1. The van der Waals surface area contributed by atoms with Crippen LogP contribution in [0.15, 0.2) is 36.4 Å². The summed E-state index contributed by atoms with van der Waals surface area (Å²) in [5.41, 5.74) is 0.878. The number of anilines is 2. The van der Waals surface area contributed by atoms with Crippen LogP contribution in [-0.4, -0.2) is 18.3 Å². The molecule has 0 radical (unpaired) electrons. The van der Waals surface area contributed by atoms with E-state index in [-0.39, 0.29) is 12.5 Å². The smallest absolute Gasteiger partial charge is 0.296 e. The van der Waals surface area contributed by atoms with Gasteiger partial charge >= 0.3 is 0 Å². The first-order valence-corrected chi connectivity index (χ1v) is 6.76. The van der Waals surface area contributed by atoms with E-state index in [1.165, 1.54) is 6.07 Å². The van der Waals surface area contributed by atoms with E-state index in [0.717, 1.165) is 0 Å². The van der Waals surface area contributed by atoms with E-state index in [1.54, 1.807) is 18.2 Å². The van der Waals surface area contributed by atoms with Crippen LogP contribution in [0.5, 0.6) is 17.2 Å². The van der Waals surface area contributed by atoms with Gasteiger partial charge in [0.15, 0.2) is 11.5 Å². The molecule has 0 aliphatic carbocycles. The highest BCUT2D eigenvalue weighted by molar-refractivity contribution is 5.76. The fraction of sp³-hybridized carbons (Fsp3) is 0.200. The number of hydrogen-bond donors (Lipinski definition) is 1. The van der Waals surface area contributed by atoms with Crippen molar-refractivity contribution in [3.63, 3.8) is 0 Å². The van der Waals surface area contributed by atoms with E-state index < -0.39 is 4.92 Å². The van der Waals surface area contributed by atoms with E-state index >= 15 is 0 Å². The summed E-state index contributed by atoms with van der Waals surface area (Å²) in [5, 5.41) is 14.3. The summed E-state index contributed by atoms with van der Waals surface area (Å²) < 4.78 is 16.0. The highest BCUT2D eigenvalue weighted by Crippen LogP contribution is 2.42. The van der Waals surface area contributed by atoms with Crippen molar-refractivity contribution >= 4 is 17.1 Å². The summed E-state index contributed by atoms with van der Waals surface area (Å²) in [7, 11) is 0. The Morgan fingerprint density at radius 3 is 2.68 bits per heavy atom. The number of benzene rings is 2. The number of ether oxygens (including phenoxy) is 3. The summed E-state index contributed by atoms with van der Waals surface area (Å²) in [6, 6.07) is 10.2. The van der Waals surface area contributed by atoms with E-state index in [9.17, 15) is 10.1 Å². The predicted octanol–water partition coefficient (Wildman–Crippen LogP) is 3.47. The summed E-state index contributed by atoms with van der Waals surface area (Å²) in [6.07, 6.45) is 0. The van der Waals surface area contributed by atoms with Crippen LogP contribution in [0.3, 0.4) is 0 Å². The number of hydrogen-bond acceptors (Lipinski definition) is 6. The SMILES string of the molecule is CCOc1ccccc1Nc1cc2c(cc1[N+](=O)[O-])OCO2. The molecular formula is C15H14N2O5. The Labute approximate surface area is 126 Å². The standard InChI is InChI=1S/C15H14N2O5/c1-2-20-13-6-4-3-5-10(13)16-11-7-14-15(22-9-21-14)8-12(11)17(18)19/h3-8,16H,2,9H2,1H3. The summed E-state index contributed by atoms with van der Waals surface area (Å²) >= 11 is 0. The molecule has 1 heterocycles. The second-order valence-electron chi connectivity index (χ2n) is 4.53. The third kappa shape index (κ3) is 2.60. The first-order chi connectivity index (χ1) is 10.7. The molecule has 0 spiro atoms. The van der Waals surface area contributed by atoms with Gasteiger partial charge in [-0.2, -0.15) is 0 Å². The average Bonchev–Trinajstić information content (AvgIpc) is 2.96. The first-order valence-electron chi connectivity index (χ1n) is 6.76. The van der Waals surface area contributed by atoms with E-state index in [2.05, 4.69) is 5.32 Å². The van der Waals surface area contributed by atoms with Crippen molar-refractivity contribution in [1.82, 2.24) is 0 Å². The molecule has 114 valence electrons. The largest absolute Gasteiger partial charge is 0.492 e. The van der Waals surface area contributed by atoms with Crippen molar-refractivity contribution in [1.29, 1.82) is 0 Å². The van der Waals surface area contributed by atoms with Crippen molar-refractivity contribution in [2.75, 3.05) is 18.7 Å². The molecule has 0 saturated heterocycles. The first kappa shape index (κ1) is 14.0. The molecule has 2 aromatic rings. The molecule has 1 N–H and O–H groups in total. The van der Waals surface area contributed by atoms with Crippen molar-refractivity contribution in [2.24, 2.45) is 0 Å². The number of nitrogens with zero attached hydrogens (tertiary/aromatic N) is 1. The molecule has 3 rings (SSSR count). The van der Waals surface area contributed by atoms with Gasteiger partial charge < -0.3 is 19.5 Å². The minimum Gasteiger partial charge on any atom is -0.492 e. The number of nitro benzene ring substituents is 1. The number of rotatable bonds is 5. The molecule has 0 bridgehead atoms. The van der Waals surface area contributed by atoms with Crippen molar-refractivity contribution < 1.29 is 19.1 Å². The van der Waals surface area contributed by atoms with Crippen LogP contribution in [0, 0.1) is 10.1 Å². The summed E-state index contributed by atoms with van der Waals surface area (Å²) in [6.45, 7) is 2.44. The van der Waals surface area contributed by atoms with Gasteiger partial charge in [-0.15, -0.1) is 0 Å². The Morgan fingerprint density at radius 2 is 1.95 bits per heavy atom. The molecular weight excluding hydrogens is 288 g/mol. The third-order valence-electron chi connectivity index (χ3n) is 3.14. The lowest BCUT2D eigenvalue weighted by molar-refractivity contribution is -0.384. The van der Waals surface area contributed by atoms with Crippen LogP contribution in [0.1, 0.15) is 6.92 Å². The molecule has 22 heavy (non-hydrogen) atoms. The van der Waals surface area contributed by atoms with Crippen molar-refractivity contribution in [2.45, 2.75) is 6.92 Å². The zero-order chi connectivity index (χ0) is 15.5. The second-order valence-corrected chi connectivity index (χ2v) is 4.53. The minimum absolute atomic E-state index is 0.0610. The van der Waals surface area contributed by atoms with Gasteiger partial charge in [-0.1, -0.05) is 12.1 Å². The van der Waals surface area contributed by atoms with Gasteiger partial charge in [-0.3, -0.25) is 10.1 Å². The number of para-hydroxylation sites is 2. The zero-order valence-corrected chi connectivity index (χ0v) is 11.9. The quantitative estimate of drug-likeness (QED) is 0.672. The van der Waals surface area contributed by atoms with Crippen molar-refractivity contribution in [3.05, 3.63) is 46.5 Å². The monoisotopic (exact) mass is 302 g/mol. The Hall–Kier alpha value is -2.96. The zero-order valence-electron chi connectivity index (χ0n) is 11.9. The molecule has 0 atom stereocenters. The van der Waals surface area contributed by atoms with Gasteiger partial charge in [0.1, 0.15) is 11.4 Å². The maximum Gasteiger partial charge on any atom is 0.296 e. The molecule has 7 nitrogen and oxygen atoms in total. The Kier molecular flexibility index (Phi) is 3.69. The molecule has 2 aromatic carbocycles. The third-order valence-corrected chi connectivity index (χ3v) is 3.14. The van der Waals surface area contributed by atoms with E-state index in [1.807, 2.05) is 19.1 Å². The minimum atomic E-state index is -0.465. The Balaban J connectivity index is 2.00. The van der Waals surface area contributed by atoms with Crippen LogP contribution < -0.4 is 19.5 Å². The van der Waals surface area contributed by atoms with Gasteiger partial charge in [0.2, 0.25) is 6.79 Å². The lowest BCUT2D eigenvalue weighted by Gasteiger charge is -2.12. The molecule has 0 unspecified atom stereocenters. The fourth-order valence-electron chi connectivity index (χ4n) is 2.18. The fourth-order valence-corrected chi connectivity index (χ4v) is 2.18. The maximum absolute atomic E-state index is 11.3. The van der Waals surface area contributed by atoms with Crippen LogP contribution in [0.4, 0.5) is 17.1 Å². The van der Waals surface area contributed by atoms with Gasteiger partial charge in [-0.25, -0.2) is 0 Å². The molecule has 1 aliphatic rings. The maximum atomic E-state index is 11.3. The van der Waals surface area contributed by atoms with Gasteiger partial charge in [0.25, 0.3) is 5.69 Å². The van der Waals surface area contributed by atoms with E-state index in [4.69, 9.17) is 14.2 Å². The Morgan fingerprint density at radius 1 is 1.23 bits per heavy atom. The molecule has 0 saturated carbocycles. The number of fused-ring (bicyclic) bond motifs is 1. The Bertz CT molecular complexity index is 717. The van der Waals surface area contributed by atoms with Crippen LogP contribution in [-0.2, 0) is 0 Å². The van der Waals surface area contributed by atoms with Gasteiger partial charge in [0, 0.05) is 6.07 Å². The molecule has 0 aromatic heterocycles. The summed E-state index contributed by atoms with van der Waals surface area (Å²) in [4.78, 5) is 10.8. The van der Waals surface area contributed by atoms with Crippen molar-refractivity contribution in [3.8, 4) is 17.2 Å². The predicted molar refractivity (Wildman–Crippen MR) is 80.1 cm³/mol. The van der Waals surface area contributed by atoms with Gasteiger partial charge in [0.05, 0.1) is 23.3 Å². The highest BCUT2D eigenvalue weighted by Gasteiger charge is 2.24. The highest BCUT2D eigenvalue weighted by atomic mass is 16.7. The normalized spacial score (nSPS) is 12.0. The lowest BCUT2D eigenvalue weighted by Crippen LogP contribution is -2.00. The van der Waals surface area contributed by atoms with Crippen LogP contribution >= 0.6 is 0 Å². The topological polar surface area (TPSA) is 82.9 Å². The number of nitrogens with one attached hydrogen (secondary N) is 1. The van der Waals surface area contributed by atoms with E-state index in [0.29, 0.717) is 35.2 Å². The lowest BCUT2D eigenvalue weighted by atomic mass is 10.2. The van der Waals surface area contributed by atoms with Gasteiger partial charge in [-0.05, 0) is 19.1 Å².